The Balaban J connectivity index is 1.59. The Bertz CT molecular complexity index is 796. The standard InChI is InChI=1S/C21H29N5O2/c1-4-19(27)26(17-8-6-5-7-9-17)18-10-12-25(13-11-18)21(28)24-16(3)20-22-14-15(2)23-20/h5-9,14,16,18H,4,10-13H2,1-3H3,(H,22,23)(H,24,28)/t16-/m1/s1. The number of carbonyl (C=O) groups excluding carboxylic acids is 2. The number of piperidine rings is 1. The summed E-state index contributed by atoms with van der Waals surface area (Å²) in [5, 5.41) is 3.00. The predicted octanol–water partition coefficient (Wildman–Crippen LogP) is 3.40. The summed E-state index contributed by atoms with van der Waals surface area (Å²) in [5.41, 5.74) is 1.90. The Labute approximate surface area is 166 Å². The fourth-order valence-corrected chi connectivity index (χ4v) is 3.64. The lowest BCUT2D eigenvalue weighted by atomic mass is 10.0. The van der Waals surface area contributed by atoms with Crippen molar-refractivity contribution >= 4 is 17.6 Å². The topological polar surface area (TPSA) is 81.3 Å². The number of nitrogens with one attached hydrogen (secondary N) is 2. The number of carbonyl (C=O) groups is 2. The second-order valence-electron chi connectivity index (χ2n) is 7.29. The van der Waals surface area contributed by atoms with Crippen LogP contribution in [0.1, 0.15) is 50.7 Å². The molecule has 2 heterocycles. The smallest absolute Gasteiger partial charge is 0.317 e. The number of amides is 3. The molecule has 28 heavy (non-hydrogen) atoms. The molecule has 3 rings (SSSR count). The highest BCUT2D eigenvalue weighted by molar-refractivity contribution is 5.93. The average Bonchev–Trinajstić information content (AvgIpc) is 3.16. The van der Waals surface area contributed by atoms with Crippen molar-refractivity contribution < 1.29 is 9.59 Å². The summed E-state index contributed by atoms with van der Waals surface area (Å²) in [6, 6.07) is 9.64. The van der Waals surface area contributed by atoms with Gasteiger partial charge in [-0.25, -0.2) is 9.78 Å². The van der Waals surface area contributed by atoms with Gasteiger partial charge in [0.25, 0.3) is 0 Å². The van der Waals surface area contributed by atoms with Crippen LogP contribution in [-0.4, -0.2) is 45.9 Å². The van der Waals surface area contributed by atoms with Gasteiger partial charge in [0, 0.05) is 43.1 Å². The number of rotatable bonds is 5. The van der Waals surface area contributed by atoms with Crippen LogP contribution in [0.4, 0.5) is 10.5 Å². The Morgan fingerprint density at radius 2 is 1.96 bits per heavy atom. The first-order chi connectivity index (χ1) is 13.5. The lowest BCUT2D eigenvalue weighted by Gasteiger charge is -2.38. The number of benzene rings is 1. The molecule has 3 amide bonds. The van der Waals surface area contributed by atoms with Crippen LogP contribution in [0.2, 0.25) is 0 Å². The first-order valence-electron chi connectivity index (χ1n) is 9.93. The third-order valence-corrected chi connectivity index (χ3v) is 5.20. The number of aromatic nitrogens is 2. The number of nitrogens with zero attached hydrogens (tertiary/aromatic N) is 3. The quantitative estimate of drug-likeness (QED) is 0.830. The first-order valence-corrected chi connectivity index (χ1v) is 9.93. The van der Waals surface area contributed by atoms with E-state index in [1.807, 2.05) is 60.9 Å². The molecule has 0 unspecified atom stereocenters. The van der Waals surface area contributed by atoms with Gasteiger partial charge in [-0.1, -0.05) is 25.1 Å². The third-order valence-electron chi connectivity index (χ3n) is 5.20. The van der Waals surface area contributed by atoms with Crippen LogP contribution >= 0.6 is 0 Å². The van der Waals surface area contributed by atoms with Gasteiger partial charge in [0.2, 0.25) is 5.91 Å². The molecular weight excluding hydrogens is 354 g/mol. The molecule has 0 bridgehead atoms. The molecule has 1 saturated heterocycles. The van der Waals surface area contributed by atoms with Crippen LogP contribution in [0.15, 0.2) is 36.5 Å². The van der Waals surface area contributed by atoms with Gasteiger partial charge in [-0.05, 0) is 38.8 Å². The van der Waals surface area contributed by atoms with Gasteiger partial charge < -0.3 is 20.1 Å². The zero-order valence-corrected chi connectivity index (χ0v) is 16.8. The van der Waals surface area contributed by atoms with Crippen LogP contribution in [0.5, 0.6) is 0 Å². The summed E-state index contributed by atoms with van der Waals surface area (Å²) in [4.78, 5) is 36.3. The van der Waals surface area contributed by atoms with E-state index in [4.69, 9.17) is 0 Å². The van der Waals surface area contributed by atoms with E-state index in [0.29, 0.717) is 19.5 Å². The molecule has 0 saturated carbocycles. The molecular formula is C21H29N5O2. The summed E-state index contributed by atoms with van der Waals surface area (Å²) in [6.07, 6.45) is 3.76. The van der Waals surface area contributed by atoms with E-state index in [1.165, 1.54) is 0 Å². The van der Waals surface area contributed by atoms with Crippen molar-refractivity contribution in [3.8, 4) is 0 Å². The summed E-state index contributed by atoms with van der Waals surface area (Å²) in [6.45, 7) is 6.99. The average molecular weight is 383 g/mol. The Kier molecular flexibility index (Phi) is 6.34. The molecule has 1 fully saturated rings. The minimum atomic E-state index is -0.179. The fourth-order valence-electron chi connectivity index (χ4n) is 3.64. The largest absolute Gasteiger partial charge is 0.344 e. The van der Waals surface area contributed by atoms with Gasteiger partial charge in [0.05, 0.1) is 6.04 Å². The molecule has 7 heteroatoms. The molecule has 0 aliphatic carbocycles. The second-order valence-corrected chi connectivity index (χ2v) is 7.29. The molecule has 1 aromatic heterocycles. The second kappa shape index (κ2) is 8.91. The minimum absolute atomic E-state index is 0.0897. The molecule has 0 radical (unpaired) electrons. The lowest BCUT2D eigenvalue weighted by molar-refractivity contribution is -0.119. The monoisotopic (exact) mass is 383 g/mol. The number of aryl methyl sites for hydroxylation is 1. The highest BCUT2D eigenvalue weighted by Crippen LogP contribution is 2.25. The molecule has 150 valence electrons. The van der Waals surface area contributed by atoms with E-state index in [0.717, 1.165) is 30.0 Å². The molecule has 1 aromatic carbocycles. The maximum Gasteiger partial charge on any atom is 0.317 e. The number of aromatic amines is 1. The maximum atomic E-state index is 12.6. The van der Waals surface area contributed by atoms with Gasteiger partial charge in [-0.15, -0.1) is 0 Å². The van der Waals surface area contributed by atoms with Crippen LogP contribution in [0.3, 0.4) is 0 Å². The van der Waals surface area contributed by atoms with E-state index < -0.39 is 0 Å². The highest BCUT2D eigenvalue weighted by atomic mass is 16.2. The molecule has 1 aliphatic heterocycles. The Morgan fingerprint density at radius 1 is 1.29 bits per heavy atom. The van der Waals surface area contributed by atoms with Crippen molar-refractivity contribution in [2.24, 2.45) is 0 Å². The van der Waals surface area contributed by atoms with E-state index in [9.17, 15) is 9.59 Å². The number of imidazole rings is 1. The number of anilines is 1. The summed E-state index contributed by atoms with van der Waals surface area (Å²) in [5.74, 6) is 0.875. The van der Waals surface area contributed by atoms with Crippen molar-refractivity contribution in [2.75, 3.05) is 18.0 Å². The van der Waals surface area contributed by atoms with E-state index in [1.54, 1.807) is 6.20 Å². The van der Waals surface area contributed by atoms with Gasteiger partial charge in [0.1, 0.15) is 5.82 Å². The number of urea groups is 1. The molecule has 0 spiro atoms. The number of hydrogen-bond donors (Lipinski definition) is 2. The number of hydrogen-bond acceptors (Lipinski definition) is 3. The van der Waals surface area contributed by atoms with Crippen LogP contribution in [0.25, 0.3) is 0 Å². The van der Waals surface area contributed by atoms with E-state index in [-0.39, 0.29) is 24.0 Å². The maximum absolute atomic E-state index is 12.6. The van der Waals surface area contributed by atoms with Gasteiger partial charge >= 0.3 is 6.03 Å². The van der Waals surface area contributed by atoms with Gasteiger partial charge in [-0.3, -0.25) is 4.79 Å². The summed E-state index contributed by atoms with van der Waals surface area (Å²) >= 11 is 0. The first kappa shape index (κ1) is 19.9. The van der Waals surface area contributed by atoms with Crippen LogP contribution in [-0.2, 0) is 4.79 Å². The van der Waals surface area contributed by atoms with Crippen molar-refractivity contribution in [1.29, 1.82) is 0 Å². The van der Waals surface area contributed by atoms with Crippen molar-refractivity contribution in [1.82, 2.24) is 20.2 Å². The summed E-state index contributed by atoms with van der Waals surface area (Å²) < 4.78 is 0. The van der Waals surface area contributed by atoms with E-state index in [2.05, 4.69) is 15.3 Å². The number of para-hydroxylation sites is 1. The Hall–Kier alpha value is -2.83. The fraction of sp³-hybridized carbons (Fsp3) is 0.476. The van der Waals surface area contributed by atoms with Crippen molar-refractivity contribution in [3.05, 3.63) is 48.0 Å². The molecule has 2 aromatic rings. The number of H-pyrrole nitrogens is 1. The third kappa shape index (κ3) is 4.52. The summed E-state index contributed by atoms with van der Waals surface area (Å²) in [7, 11) is 0. The Morgan fingerprint density at radius 3 is 2.54 bits per heavy atom. The predicted molar refractivity (Wildman–Crippen MR) is 109 cm³/mol. The minimum Gasteiger partial charge on any atom is -0.344 e. The normalized spacial score (nSPS) is 15.9. The zero-order chi connectivity index (χ0) is 20.1. The molecule has 1 aliphatic rings. The number of likely N-dealkylation sites (tertiary alicyclic amines) is 1. The molecule has 2 N–H and O–H groups in total. The van der Waals surface area contributed by atoms with Crippen molar-refractivity contribution in [2.45, 2.75) is 52.1 Å². The van der Waals surface area contributed by atoms with E-state index >= 15 is 0 Å². The van der Waals surface area contributed by atoms with Crippen LogP contribution < -0.4 is 10.2 Å². The molecule has 7 nitrogen and oxygen atoms in total. The highest BCUT2D eigenvalue weighted by Gasteiger charge is 2.30. The van der Waals surface area contributed by atoms with Crippen molar-refractivity contribution in [3.63, 3.8) is 0 Å². The van der Waals surface area contributed by atoms with Gasteiger partial charge in [-0.2, -0.15) is 0 Å². The van der Waals surface area contributed by atoms with Crippen LogP contribution in [0, 0.1) is 6.92 Å². The molecule has 1 atom stereocenters. The van der Waals surface area contributed by atoms with Gasteiger partial charge in [0.15, 0.2) is 0 Å². The SMILES string of the molecule is CCC(=O)N(c1ccccc1)C1CCN(C(=O)N[C@H](C)c2ncc(C)[nH]2)CC1. The lowest BCUT2D eigenvalue weighted by Crippen LogP contribution is -2.51. The zero-order valence-electron chi connectivity index (χ0n) is 16.8.